The predicted octanol–water partition coefficient (Wildman–Crippen LogP) is -0.563. The van der Waals surface area contributed by atoms with Crippen LogP contribution in [0.3, 0.4) is 0 Å². The normalized spacial score (nSPS) is 39.6. The van der Waals surface area contributed by atoms with Gasteiger partial charge in [-0.15, -0.1) is 0 Å². The minimum absolute atomic E-state index is 0.0841. The van der Waals surface area contributed by atoms with Crippen LogP contribution in [-0.4, -0.2) is 75.2 Å². The van der Waals surface area contributed by atoms with E-state index in [4.69, 9.17) is 0 Å². The lowest BCUT2D eigenvalue weighted by molar-refractivity contribution is -0.195. The van der Waals surface area contributed by atoms with Gasteiger partial charge in [0.2, 0.25) is 0 Å². The van der Waals surface area contributed by atoms with Crippen molar-refractivity contribution in [2.45, 2.75) is 30.6 Å². The van der Waals surface area contributed by atoms with Crippen LogP contribution in [0.15, 0.2) is 18.2 Å². The van der Waals surface area contributed by atoms with Gasteiger partial charge in [-0.3, -0.25) is 24.1 Å². The molecule has 4 rings (SSSR count). The van der Waals surface area contributed by atoms with Gasteiger partial charge in [0.15, 0.2) is 34.7 Å². The first-order valence-electron chi connectivity index (χ1n) is 9.95. The first kappa shape index (κ1) is 21.3. The van der Waals surface area contributed by atoms with Crippen LogP contribution < -0.4 is 0 Å². The number of nitriles is 1. The van der Waals surface area contributed by atoms with Gasteiger partial charge in [0.25, 0.3) is 0 Å². The second-order valence-electron chi connectivity index (χ2n) is 8.83. The number of rotatable bonds is 1. The van der Waals surface area contributed by atoms with Crippen molar-refractivity contribution in [3.8, 4) is 11.8 Å². The van der Waals surface area contributed by atoms with Crippen molar-refractivity contribution in [2.24, 2.45) is 23.7 Å². The minimum Gasteiger partial charge on any atom is -0.507 e. The Balaban J connectivity index is 1.96. The summed E-state index contributed by atoms with van der Waals surface area (Å²) in [5.41, 5.74) is -2.52. The van der Waals surface area contributed by atoms with Gasteiger partial charge in [0.1, 0.15) is 5.75 Å². The number of hydrogen-bond acceptors (Lipinski definition) is 9. The van der Waals surface area contributed by atoms with E-state index >= 15 is 0 Å². The summed E-state index contributed by atoms with van der Waals surface area (Å²) in [5.74, 6) is -11.0. The van der Waals surface area contributed by atoms with Gasteiger partial charge in [-0.05, 0) is 31.6 Å². The van der Waals surface area contributed by atoms with Crippen molar-refractivity contribution < 1.29 is 34.5 Å². The predicted molar refractivity (Wildman–Crippen MR) is 104 cm³/mol. The molecule has 3 aliphatic rings. The van der Waals surface area contributed by atoms with Crippen molar-refractivity contribution in [1.82, 2.24) is 4.90 Å². The highest BCUT2D eigenvalue weighted by Gasteiger charge is 2.72. The number of fused-ring (bicyclic) bond motifs is 3. The van der Waals surface area contributed by atoms with Gasteiger partial charge < -0.3 is 15.3 Å². The fourth-order valence-electron chi connectivity index (χ4n) is 5.80. The molecule has 162 valence electrons. The maximum Gasteiger partial charge on any atom is 0.197 e. The van der Waals surface area contributed by atoms with Gasteiger partial charge >= 0.3 is 0 Å². The first-order valence-corrected chi connectivity index (χ1v) is 9.95. The zero-order chi connectivity index (χ0) is 23.0. The van der Waals surface area contributed by atoms with E-state index in [1.807, 2.05) is 0 Å². The number of carbonyl (C=O) groups is 4. The Morgan fingerprint density at radius 3 is 2.35 bits per heavy atom. The monoisotopic (exact) mass is 426 g/mol. The lowest BCUT2D eigenvalue weighted by Gasteiger charge is -2.55. The molecule has 0 radical (unpaired) electrons. The van der Waals surface area contributed by atoms with E-state index in [-0.39, 0.29) is 11.3 Å². The van der Waals surface area contributed by atoms with Gasteiger partial charge in [-0.2, -0.15) is 5.26 Å². The van der Waals surface area contributed by atoms with Gasteiger partial charge in [0.05, 0.1) is 35.6 Å². The molecule has 1 aromatic rings. The van der Waals surface area contributed by atoms with Crippen LogP contribution in [0.4, 0.5) is 0 Å². The van der Waals surface area contributed by atoms with Gasteiger partial charge in [-0.1, -0.05) is 19.1 Å². The second kappa shape index (κ2) is 6.79. The molecule has 8 atom stereocenters. The summed E-state index contributed by atoms with van der Waals surface area (Å²) in [4.78, 5) is 54.1. The number of phenols is 1. The van der Waals surface area contributed by atoms with Gasteiger partial charge in [0, 0.05) is 5.92 Å². The van der Waals surface area contributed by atoms with E-state index in [1.54, 1.807) is 25.1 Å². The highest BCUT2D eigenvalue weighted by Crippen LogP contribution is 2.54. The van der Waals surface area contributed by atoms with Crippen LogP contribution in [0.25, 0.3) is 0 Å². The van der Waals surface area contributed by atoms with E-state index in [1.165, 1.54) is 25.1 Å². The largest absolute Gasteiger partial charge is 0.507 e. The highest BCUT2D eigenvalue weighted by atomic mass is 16.3. The Bertz CT molecular complexity index is 1070. The number of Topliss-reactive ketones (excluding diaryl/α,β-unsaturated/α-hetero) is 4. The summed E-state index contributed by atoms with van der Waals surface area (Å²) < 4.78 is 0. The number of aromatic hydroxyl groups is 1. The standard InChI is InChI=1S/C22H22N2O7/c1-8-9-5-4-6-11(25)13(9)18(27)14-12(8)19(28)15-16(24(2)3)17(26)10(7-23)20(29)22(15,31)21(14)30/h4-6,8,10,12,14-16,19,25,28,31H,1-3H3/t8-,10?,12+,14?,15+,16-,19-,22+/m1/s1. The molecule has 9 heteroatoms. The molecule has 0 saturated heterocycles. The lowest BCUT2D eigenvalue weighted by atomic mass is 9.49. The van der Waals surface area contributed by atoms with Crippen LogP contribution in [0, 0.1) is 35.0 Å². The Kier molecular flexibility index (Phi) is 4.66. The molecule has 3 N–H and O–H groups in total. The molecule has 0 bridgehead atoms. The van der Waals surface area contributed by atoms with Crippen LogP contribution >= 0.6 is 0 Å². The molecule has 2 saturated carbocycles. The van der Waals surface area contributed by atoms with Crippen molar-refractivity contribution in [1.29, 1.82) is 5.26 Å². The molecule has 0 aliphatic heterocycles. The number of likely N-dealkylation sites (N-methyl/N-ethyl adjacent to an activating group) is 1. The molecule has 0 spiro atoms. The zero-order valence-electron chi connectivity index (χ0n) is 17.1. The average molecular weight is 426 g/mol. The van der Waals surface area contributed by atoms with Crippen molar-refractivity contribution >= 4 is 23.1 Å². The number of nitrogens with zero attached hydrogens (tertiary/aromatic N) is 2. The maximum atomic E-state index is 13.6. The molecule has 3 aliphatic carbocycles. The van der Waals surface area contributed by atoms with E-state index in [9.17, 15) is 39.8 Å². The second-order valence-corrected chi connectivity index (χ2v) is 8.83. The summed E-state index contributed by atoms with van der Waals surface area (Å²) >= 11 is 0. The number of ketones is 4. The highest BCUT2D eigenvalue weighted by molar-refractivity contribution is 6.28. The van der Waals surface area contributed by atoms with Crippen molar-refractivity contribution in [3.63, 3.8) is 0 Å². The number of benzene rings is 1. The first-order chi connectivity index (χ1) is 14.5. The molecule has 0 heterocycles. The molecule has 2 fully saturated rings. The number of aliphatic hydroxyl groups is 2. The third-order valence-electron chi connectivity index (χ3n) is 7.20. The van der Waals surface area contributed by atoms with Crippen LogP contribution in [-0.2, 0) is 14.4 Å². The molecule has 2 unspecified atom stereocenters. The van der Waals surface area contributed by atoms with Crippen molar-refractivity contribution in [2.75, 3.05) is 14.1 Å². The fraction of sp³-hybridized carbons (Fsp3) is 0.500. The molecule has 31 heavy (non-hydrogen) atoms. The van der Waals surface area contributed by atoms with Crippen LogP contribution in [0.5, 0.6) is 5.75 Å². The summed E-state index contributed by atoms with van der Waals surface area (Å²) in [6, 6.07) is 4.72. The van der Waals surface area contributed by atoms with E-state index in [2.05, 4.69) is 0 Å². The summed E-state index contributed by atoms with van der Waals surface area (Å²) in [5, 5.41) is 42.4. The molecular weight excluding hydrogens is 404 g/mol. The average Bonchev–Trinajstić information content (AvgIpc) is 2.71. The van der Waals surface area contributed by atoms with Crippen LogP contribution in [0.2, 0.25) is 0 Å². The fourth-order valence-corrected chi connectivity index (χ4v) is 5.80. The molecule has 9 nitrogen and oxygen atoms in total. The van der Waals surface area contributed by atoms with Crippen LogP contribution in [0.1, 0.15) is 28.8 Å². The van der Waals surface area contributed by atoms with E-state index < -0.39 is 70.5 Å². The smallest absolute Gasteiger partial charge is 0.197 e. The van der Waals surface area contributed by atoms with Crippen molar-refractivity contribution in [3.05, 3.63) is 29.3 Å². The molecule has 0 aromatic heterocycles. The Morgan fingerprint density at radius 1 is 1.13 bits per heavy atom. The SMILES string of the molecule is C[C@@H]1c2cccc(O)c2C(=O)C2C(=O)[C@@]3(O)C(=O)C(C#N)C(=O)[C@H](N(C)C)[C@H]3[C@H](O)[C@H]21. The third-order valence-corrected chi connectivity index (χ3v) is 7.20. The Hall–Kier alpha value is -2.93. The molecule has 1 aromatic carbocycles. The van der Waals surface area contributed by atoms with E-state index in [0.717, 1.165) is 0 Å². The topological polar surface area (TPSA) is 156 Å². The number of carbonyl (C=O) groups excluding carboxylic acids is 4. The van der Waals surface area contributed by atoms with Gasteiger partial charge in [-0.25, -0.2) is 0 Å². The maximum absolute atomic E-state index is 13.6. The quantitative estimate of drug-likeness (QED) is 0.501. The third kappa shape index (κ3) is 2.47. The lowest BCUT2D eigenvalue weighted by Crippen LogP contribution is -2.76. The minimum atomic E-state index is -2.87. The zero-order valence-corrected chi connectivity index (χ0v) is 17.1. The summed E-state index contributed by atoms with van der Waals surface area (Å²) in [6.45, 7) is 1.68. The summed E-state index contributed by atoms with van der Waals surface area (Å²) in [7, 11) is 2.97. The Labute approximate surface area is 177 Å². The summed E-state index contributed by atoms with van der Waals surface area (Å²) in [6.07, 6.45) is -1.57. The number of phenolic OH excluding ortho intramolecular Hbond substituents is 1. The number of hydrogen-bond donors (Lipinski definition) is 3. The Morgan fingerprint density at radius 2 is 1.77 bits per heavy atom. The molecular formula is C22H22N2O7. The molecule has 0 amide bonds. The van der Waals surface area contributed by atoms with E-state index in [0.29, 0.717) is 5.56 Å². The number of aliphatic hydroxyl groups excluding tert-OH is 1.